The molecule has 2 N–H and O–H groups in total. The number of halogens is 2. The molecule has 0 unspecified atom stereocenters. The summed E-state index contributed by atoms with van der Waals surface area (Å²) in [6.07, 6.45) is 1.12. The molecule has 0 saturated heterocycles. The van der Waals surface area contributed by atoms with Crippen molar-refractivity contribution >= 4 is 45.0 Å². The number of rotatable bonds is 4. The monoisotopic (exact) mass is 369 g/mol. The van der Waals surface area contributed by atoms with E-state index in [1.54, 1.807) is 6.07 Å². The minimum Gasteiger partial charge on any atom is -0.395 e. The molecule has 0 aromatic heterocycles. The number of nitriles is 1. The summed E-state index contributed by atoms with van der Waals surface area (Å²) in [6.45, 7) is -0.389. The molecule has 0 aliphatic carbocycles. The van der Waals surface area contributed by atoms with Crippen LogP contribution in [-0.2, 0) is 9.59 Å². The summed E-state index contributed by atoms with van der Waals surface area (Å²) in [5.41, 5.74) is 0.604. The molecular weight excluding hydrogens is 362 g/mol. The molecule has 8 heteroatoms. The van der Waals surface area contributed by atoms with Crippen molar-refractivity contribution < 1.29 is 14.7 Å². The number of β-amino-alcohol motifs (C(OH)–C–C–N with tert-alkyl or cyclic N) is 1. The highest BCUT2D eigenvalue weighted by Gasteiger charge is 2.31. The van der Waals surface area contributed by atoms with Crippen molar-refractivity contribution in [2.45, 2.75) is 0 Å². The first-order chi connectivity index (χ1) is 9.99. The number of benzene rings is 1. The maximum Gasteiger partial charge on any atom is 0.277 e. The third-order valence-electron chi connectivity index (χ3n) is 2.80. The zero-order valence-corrected chi connectivity index (χ0v) is 12.9. The van der Waals surface area contributed by atoms with Crippen molar-refractivity contribution in [1.29, 1.82) is 5.26 Å². The lowest BCUT2D eigenvalue weighted by Crippen LogP contribution is -2.34. The second kappa shape index (κ2) is 6.26. The Morgan fingerprint density at radius 2 is 2.14 bits per heavy atom. The Balaban J connectivity index is 2.32. The van der Waals surface area contributed by atoms with Crippen LogP contribution in [0.25, 0.3) is 0 Å². The minimum atomic E-state index is -0.556. The lowest BCUT2D eigenvalue weighted by atomic mass is 10.2. The first-order valence-electron chi connectivity index (χ1n) is 5.83. The molecule has 1 heterocycles. The minimum absolute atomic E-state index is 0.0335. The summed E-state index contributed by atoms with van der Waals surface area (Å²) in [5.74, 6) is -1.07. The molecule has 1 aromatic carbocycles. The van der Waals surface area contributed by atoms with E-state index in [4.69, 9.17) is 22.0 Å². The maximum atomic E-state index is 12.0. The lowest BCUT2D eigenvalue weighted by molar-refractivity contribution is -0.137. The van der Waals surface area contributed by atoms with Gasteiger partial charge >= 0.3 is 0 Å². The topological polar surface area (TPSA) is 93.4 Å². The molecule has 21 heavy (non-hydrogen) atoms. The van der Waals surface area contributed by atoms with Crippen LogP contribution in [0.2, 0.25) is 5.02 Å². The van der Waals surface area contributed by atoms with Gasteiger partial charge in [-0.1, -0.05) is 11.6 Å². The molecule has 0 saturated carbocycles. The zero-order chi connectivity index (χ0) is 15.6. The fraction of sp³-hybridized carbons (Fsp3) is 0.154. The molecule has 2 amide bonds. The Bertz CT molecular complexity index is 697. The molecule has 2 rings (SSSR count). The number of carbonyl (C=O) groups is 2. The first-order valence-corrected chi connectivity index (χ1v) is 7.00. The average Bonchev–Trinajstić information content (AvgIpc) is 2.71. The standard InChI is InChI=1S/C13H9BrClN3O3/c14-8-2-1-7(6-16)11(15)12(8)17-9-5-10(20)18(3-4-19)13(9)21/h1-2,5,17,19H,3-4H2. The van der Waals surface area contributed by atoms with Crippen molar-refractivity contribution in [3.63, 3.8) is 0 Å². The molecular formula is C13H9BrClN3O3. The van der Waals surface area contributed by atoms with Gasteiger partial charge in [-0.05, 0) is 28.1 Å². The quantitative estimate of drug-likeness (QED) is 0.786. The number of aliphatic hydroxyl groups excluding tert-OH is 1. The summed E-state index contributed by atoms with van der Waals surface area (Å²) >= 11 is 9.35. The summed E-state index contributed by atoms with van der Waals surface area (Å²) in [5, 5.41) is 20.7. The van der Waals surface area contributed by atoms with Crippen molar-refractivity contribution in [3.8, 4) is 6.07 Å². The van der Waals surface area contributed by atoms with Crippen LogP contribution in [0.15, 0.2) is 28.4 Å². The molecule has 6 nitrogen and oxygen atoms in total. The Kier molecular flexibility index (Phi) is 4.63. The van der Waals surface area contributed by atoms with Crippen molar-refractivity contribution in [2.75, 3.05) is 18.5 Å². The number of nitrogens with one attached hydrogen (secondary N) is 1. The summed E-state index contributed by atoms with van der Waals surface area (Å²) in [6, 6.07) is 5.07. The molecule has 1 aliphatic heterocycles. The molecule has 108 valence electrons. The second-order valence-corrected chi connectivity index (χ2v) is 5.33. The van der Waals surface area contributed by atoms with Gasteiger partial charge < -0.3 is 10.4 Å². The number of imide groups is 1. The van der Waals surface area contributed by atoms with Crippen LogP contribution in [0.3, 0.4) is 0 Å². The van der Waals surface area contributed by atoms with E-state index in [-0.39, 0.29) is 29.4 Å². The Morgan fingerprint density at radius 3 is 2.76 bits per heavy atom. The molecule has 0 fully saturated rings. The fourth-order valence-electron chi connectivity index (χ4n) is 1.80. The highest BCUT2D eigenvalue weighted by atomic mass is 79.9. The van der Waals surface area contributed by atoms with E-state index in [1.165, 1.54) is 6.07 Å². The van der Waals surface area contributed by atoms with Gasteiger partial charge in [0.15, 0.2) is 0 Å². The third-order valence-corrected chi connectivity index (χ3v) is 3.86. The van der Waals surface area contributed by atoms with E-state index in [0.29, 0.717) is 10.2 Å². The van der Waals surface area contributed by atoms with E-state index < -0.39 is 11.8 Å². The molecule has 1 aromatic rings. The van der Waals surface area contributed by atoms with E-state index in [0.717, 1.165) is 11.0 Å². The Hall–Kier alpha value is -1.88. The Morgan fingerprint density at radius 1 is 1.43 bits per heavy atom. The second-order valence-electron chi connectivity index (χ2n) is 4.10. The van der Waals surface area contributed by atoms with Gasteiger partial charge in [0.25, 0.3) is 11.8 Å². The summed E-state index contributed by atoms with van der Waals surface area (Å²) in [4.78, 5) is 24.6. The van der Waals surface area contributed by atoms with Gasteiger partial charge in [0.05, 0.1) is 29.4 Å². The SMILES string of the molecule is N#Cc1ccc(Br)c(NC2=CC(=O)N(CCO)C2=O)c1Cl. The van der Waals surface area contributed by atoms with Crippen LogP contribution < -0.4 is 5.32 Å². The van der Waals surface area contributed by atoms with Crippen LogP contribution in [0.5, 0.6) is 0 Å². The largest absolute Gasteiger partial charge is 0.395 e. The maximum absolute atomic E-state index is 12.0. The predicted octanol–water partition coefficient (Wildman–Crippen LogP) is 1.63. The Labute approximate surface area is 133 Å². The van der Waals surface area contributed by atoms with Gasteiger partial charge in [-0.15, -0.1) is 0 Å². The summed E-state index contributed by atoms with van der Waals surface area (Å²) in [7, 11) is 0. The van der Waals surface area contributed by atoms with Crippen LogP contribution >= 0.6 is 27.5 Å². The van der Waals surface area contributed by atoms with Gasteiger partial charge in [0.1, 0.15) is 11.8 Å². The summed E-state index contributed by atoms with van der Waals surface area (Å²) < 4.78 is 0.549. The highest BCUT2D eigenvalue weighted by Crippen LogP contribution is 2.34. The number of hydrogen-bond donors (Lipinski definition) is 2. The molecule has 0 radical (unpaired) electrons. The molecule has 0 spiro atoms. The molecule has 0 bridgehead atoms. The van der Waals surface area contributed by atoms with Gasteiger partial charge in [0, 0.05) is 10.5 Å². The molecule has 1 aliphatic rings. The number of carbonyl (C=O) groups excluding carboxylic acids is 2. The van der Waals surface area contributed by atoms with Crippen LogP contribution in [0, 0.1) is 11.3 Å². The van der Waals surface area contributed by atoms with Crippen molar-refractivity contribution in [3.05, 3.63) is 39.0 Å². The van der Waals surface area contributed by atoms with Crippen LogP contribution in [0.1, 0.15) is 5.56 Å². The van der Waals surface area contributed by atoms with E-state index in [1.807, 2.05) is 6.07 Å². The van der Waals surface area contributed by atoms with E-state index in [9.17, 15) is 9.59 Å². The molecule has 0 atom stereocenters. The van der Waals surface area contributed by atoms with Gasteiger partial charge in [-0.3, -0.25) is 14.5 Å². The van der Waals surface area contributed by atoms with Crippen LogP contribution in [0.4, 0.5) is 5.69 Å². The van der Waals surface area contributed by atoms with E-state index >= 15 is 0 Å². The normalized spacial score (nSPS) is 14.2. The van der Waals surface area contributed by atoms with Gasteiger partial charge in [-0.2, -0.15) is 5.26 Å². The van der Waals surface area contributed by atoms with Crippen molar-refractivity contribution in [1.82, 2.24) is 4.90 Å². The van der Waals surface area contributed by atoms with Gasteiger partial charge in [0.2, 0.25) is 0 Å². The third kappa shape index (κ3) is 2.93. The smallest absolute Gasteiger partial charge is 0.277 e. The van der Waals surface area contributed by atoms with Gasteiger partial charge in [-0.25, -0.2) is 0 Å². The number of hydrogen-bond acceptors (Lipinski definition) is 5. The lowest BCUT2D eigenvalue weighted by Gasteiger charge is -2.15. The number of nitrogens with zero attached hydrogens (tertiary/aromatic N) is 2. The van der Waals surface area contributed by atoms with Crippen molar-refractivity contribution in [2.24, 2.45) is 0 Å². The fourth-order valence-corrected chi connectivity index (χ4v) is 2.60. The average molecular weight is 371 g/mol. The van der Waals surface area contributed by atoms with E-state index in [2.05, 4.69) is 21.2 Å². The first kappa shape index (κ1) is 15.5. The van der Waals surface area contributed by atoms with Crippen LogP contribution in [-0.4, -0.2) is 35.0 Å². The predicted molar refractivity (Wildman–Crippen MR) is 79.4 cm³/mol. The number of aliphatic hydroxyl groups is 1. The zero-order valence-electron chi connectivity index (χ0n) is 10.6. The highest BCUT2D eigenvalue weighted by molar-refractivity contribution is 9.10. The number of amides is 2. The number of anilines is 1.